The van der Waals surface area contributed by atoms with Gasteiger partial charge in [-0.2, -0.15) is 0 Å². The first kappa shape index (κ1) is 21.3. The summed E-state index contributed by atoms with van der Waals surface area (Å²) >= 11 is 5.84. The molecule has 2 aromatic heterocycles. The third-order valence-electron chi connectivity index (χ3n) is 6.12. The van der Waals surface area contributed by atoms with Gasteiger partial charge in [0.1, 0.15) is 11.9 Å². The lowest BCUT2D eigenvalue weighted by Crippen LogP contribution is -2.30. The van der Waals surface area contributed by atoms with Crippen molar-refractivity contribution in [1.82, 2.24) is 14.9 Å². The van der Waals surface area contributed by atoms with E-state index in [0.29, 0.717) is 11.0 Å². The average molecular weight is 457 g/mol. The number of anilines is 1. The molecular weight excluding hydrogens is 431 g/mol. The lowest BCUT2D eigenvalue weighted by molar-refractivity contribution is 0.549. The van der Waals surface area contributed by atoms with E-state index in [1.807, 2.05) is 30.5 Å². The number of hydrogen-bond acceptors (Lipinski definition) is 2. The minimum Gasteiger partial charge on any atom is -0.351 e. The maximum Gasteiger partial charge on any atom is 0.174 e. The van der Waals surface area contributed by atoms with Crippen LogP contribution < -0.4 is 10.2 Å². The van der Waals surface area contributed by atoms with Gasteiger partial charge in [-0.1, -0.05) is 32.0 Å². The second-order valence-corrected chi connectivity index (χ2v) is 8.91. The zero-order valence-corrected chi connectivity index (χ0v) is 19.3. The molecule has 4 nitrogen and oxygen atoms in total. The summed E-state index contributed by atoms with van der Waals surface area (Å²) in [4.78, 5) is 6.79. The van der Waals surface area contributed by atoms with Crippen LogP contribution in [0.15, 0.2) is 91.3 Å². The van der Waals surface area contributed by atoms with Crippen LogP contribution in [0.3, 0.4) is 0 Å². The third kappa shape index (κ3) is 4.02. The van der Waals surface area contributed by atoms with Crippen molar-refractivity contribution in [1.29, 1.82) is 0 Å². The SMILES string of the molecule is CC(C)c1ccc(N2C(=S)N[C@H](c3ccccn3)[C@H]2c2cccn2-c2ccc(F)cc2)cc1. The molecule has 3 heterocycles. The summed E-state index contributed by atoms with van der Waals surface area (Å²) in [6.45, 7) is 4.37. The summed E-state index contributed by atoms with van der Waals surface area (Å²) in [5.74, 6) is 0.199. The van der Waals surface area contributed by atoms with E-state index in [2.05, 4.69) is 63.9 Å². The third-order valence-corrected chi connectivity index (χ3v) is 6.44. The topological polar surface area (TPSA) is 33.1 Å². The van der Waals surface area contributed by atoms with Gasteiger partial charge in [0.2, 0.25) is 0 Å². The van der Waals surface area contributed by atoms with E-state index >= 15 is 0 Å². The number of nitrogens with zero attached hydrogens (tertiary/aromatic N) is 3. The van der Waals surface area contributed by atoms with Crippen molar-refractivity contribution in [3.05, 3.63) is 114 Å². The molecule has 1 aliphatic rings. The van der Waals surface area contributed by atoms with Gasteiger partial charge in [-0.05, 0) is 84.4 Å². The fourth-order valence-electron chi connectivity index (χ4n) is 4.43. The van der Waals surface area contributed by atoms with Crippen LogP contribution >= 0.6 is 12.2 Å². The number of pyridine rings is 1. The highest BCUT2D eigenvalue weighted by Gasteiger charge is 2.42. The Balaban J connectivity index is 1.63. The van der Waals surface area contributed by atoms with Gasteiger partial charge in [0.05, 0.1) is 11.7 Å². The Bertz CT molecular complexity index is 1250. The fourth-order valence-corrected chi connectivity index (χ4v) is 4.77. The van der Waals surface area contributed by atoms with Crippen molar-refractivity contribution < 1.29 is 4.39 Å². The first-order chi connectivity index (χ1) is 16.0. The molecule has 0 bridgehead atoms. The Kier molecular flexibility index (Phi) is 5.68. The number of halogens is 1. The van der Waals surface area contributed by atoms with Crippen LogP contribution in [0.4, 0.5) is 10.1 Å². The molecule has 4 aromatic rings. The van der Waals surface area contributed by atoms with Crippen LogP contribution in [-0.2, 0) is 0 Å². The predicted octanol–water partition coefficient (Wildman–Crippen LogP) is 6.31. The predicted molar refractivity (Wildman–Crippen MR) is 134 cm³/mol. The van der Waals surface area contributed by atoms with E-state index in [4.69, 9.17) is 12.2 Å². The maximum atomic E-state index is 13.6. The Morgan fingerprint density at radius 3 is 2.30 bits per heavy atom. The first-order valence-corrected chi connectivity index (χ1v) is 11.5. The van der Waals surface area contributed by atoms with Crippen molar-refractivity contribution in [2.24, 2.45) is 0 Å². The molecule has 0 amide bonds. The molecule has 2 aromatic carbocycles. The smallest absolute Gasteiger partial charge is 0.174 e. The Hall–Kier alpha value is -3.51. The molecule has 0 aliphatic carbocycles. The van der Waals surface area contributed by atoms with Crippen molar-refractivity contribution in [3.63, 3.8) is 0 Å². The van der Waals surface area contributed by atoms with Crippen molar-refractivity contribution in [2.75, 3.05) is 4.90 Å². The van der Waals surface area contributed by atoms with E-state index < -0.39 is 0 Å². The van der Waals surface area contributed by atoms with E-state index in [1.54, 1.807) is 18.3 Å². The largest absolute Gasteiger partial charge is 0.351 e. The van der Waals surface area contributed by atoms with Gasteiger partial charge in [0, 0.05) is 29.5 Å². The molecule has 1 aliphatic heterocycles. The molecular formula is C27H25FN4S. The van der Waals surface area contributed by atoms with Crippen LogP contribution in [0.1, 0.15) is 48.8 Å². The van der Waals surface area contributed by atoms with Crippen LogP contribution in [0.2, 0.25) is 0 Å². The second kappa shape index (κ2) is 8.79. The number of benzene rings is 2. The highest BCUT2D eigenvalue weighted by molar-refractivity contribution is 7.80. The van der Waals surface area contributed by atoms with Gasteiger partial charge in [-0.3, -0.25) is 4.98 Å². The Morgan fingerprint density at radius 2 is 1.64 bits per heavy atom. The second-order valence-electron chi connectivity index (χ2n) is 8.52. The van der Waals surface area contributed by atoms with Crippen LogP contribution in [0.5, 0.6) is 0 Å². The molecule has 1 saturated heterocycles. The van der Waals surface area contributed by atoms with Gasteiger partial charge < -0.3 is 14.8 Å². The highest BCUT2D eigenvalue weighted by atomic mass is 32.1. The average Bonchev–Trinajstić information content (AvgIpc) is 3.44. The molecule has 1 fully saturated rings. The zero-order valence-electron chi connectivity index (χ0n) is 18.5. The van der Waals surface area contributed by atoms with E-state index in [0.717, 1.165) is 22.8 Å². The van der Waals surface area contributed by atoms with E-state index in [-0.39, 0.29) is 17.9 Å². The number of hydrogen-bond donors (Lipinski definition) is 1. The van der Waals surface area contributed by atoms with E-state index in [9.17, 15) is 4.39 Å². The molecule has 6 heteroatoms. The van der Waals surface area contributed by atoms with Crippen LogP contribution in [0.25, 0.3) is 5.69 Å². The van der Waals surface area contributed by atoms with Crippen molar-refractivity contribution in [2.45, 2.75) is 31.8 Å². The quantitative estimate of drug-likeness (QED) is 0.357. The molecule has 33 heavy (non-hydrogen) atoms. The summed E-state index contributed by atoms with van der Waals surface area (Å²) in [6, 6.07) is 24.9. The van der Waals surface area contributed by atoms with Gasteiger partial charge in [-0.25, -0.2) is 4.39 Å². The molecule has 1 N–H and O–H groups in total. The molecule has 5 rings (SSSR count). The first-order valence-electron chi connectivity index (χ1n) is 11.1. The van der Waals surface area contributed by atoms with Crippen LogP contribution in [-0.4, -0.2) is 14.7 Å². The number of thiocarbonyl (C=S) groups is 1. The normalized spacial score (nSPS) is 18.1. The fraction of sp³-hybridized carbons (Fsp3) is 0.185. The Morgan fingerprint density at radius 1 is 0.909 bits per heavy atom. The minimum absolute atomic E-state index is 0.141. The summed E-state index contributed by atoms with van der Waals surface area (Å²) in [5.41, 5.74) is 5.15. The summed E-state index contributed by atoms with van der Waals surface area (Å²) < 4.78 is 15.7. The van der Waals surface area contributed by atoms with E-state index in [1.165, 1.54) is 17.7 Å². The minimum atomic E-state index is -0.255. The molecule has 0 radical (unpaired) electrons. The monoisotopic (exact) mass is 456 g/mol. The molecule has 0 saturated carbocycles. The standard InChI is InChI=1S/C27H25FN4S/c1-18(2)19-8-12-22(13-9-19)32-26(25(30-27(32)33)23-6-3-4-16-29-23)24-7-5-17-31(24)21-14-10-20(28)11-15-21/h3-18,25-26H,1-2H3,(H,30,33)/t25-,26-/m1/s1. The van der Waals surface area contributed by atoms with Crippen molar-refractivity contribution in [3.8, 4) is 5.69 Å². The molecule has 0 spiro atoms. The summed E-state index contributed by atoms with van der Waals surface area (Å²) in [5, 5.41) is 4.16. The number of nitrogens with one attached hydrogen (secondary N) is 1. The van der Waals surface area contributed by atoms with Gasteiger partial charge in [-0.15, -0.1) is 0 Å². The molecule has 2 atom stereocenters. The Labute approximate surface area is 198 Å². The van der Waals surface area contributed by atoms with Crippen LogP contribution in [0, 0.1) is 5.82 Å². The van der Waals surface area contributed by atoms with Gasteiger partial charge in [0.25, 0.3) is 0 Å². The van der Waals surface area contributed by atoms with Gasteiger partial charge in [0.15, 0.2) is 5.11 Å². The zero-order chi connectivity index (χ0) is 22.9. The molecule has 0 unspecified atom stereocenters. The highest BCUT2D eigenvalue weighted by Crippen LogP contribution is 2.42. The lowest BCUT2D eigenvalue weighted by atomic mass is 9.99. The van der Waals surface area contributed by atoms with Gasteiger partial charge >= 0.3 is 0 Å². The molecule has 166 valence electrons. The number of rotatable bonds is 5. The maximum absolute atomic E-state index is 13.6. The lowest BCUT2D eigenvalue weighted by Gasteiger charge is -2.29. The number of aromatic nitrogens is 2. The van der Waals surface area contributed by atoms with Crippen molar-refractivity contribution >= 4 is 23.0 Å². The summed E-state index contributed by atoms with van der Waals surface area (Å²) in [7, 11) is 0. The summed E-state index contributed by atoms with van der Waals surface area (Å²) in [6.07, 6.45) is 3.80.